The van der Waals surface area contributed by atoms with Crippen LogP contribution >= 0.6 is 12.2 Å². The van der Waals surface area contributed by atoms with Gasteiger partial charge in [0.2, 0.25) is 0 Å². The number of aromatic amines is 1. The summed E-state index contributed by atoms with van der Waals surface area (Å²) in [6.07, 6.45) is 0.188. The molecule has 0 aliphatic rings. The first kappa shape index (κ1) is 13.9. The first-order chi connectivity index (χ1) is 8.80. The van der Waals surface area contributed by atoms with Crippen LogP contribution in [0.4, 0.5) is 8.78 Å². The molecule has 19 heavy (non-hydrogen) atoms. The van der Waals surface area contributed by atoms with E-state index in [9.17, 15) is 8.78 Å². The lowest BCUT2D eigenvalue weighted by atomic mass is 10.1. The number of hydrogen-bond donors (Lipinski definition) is 1. The molecule has 0 aliphatic carbocycles. The van der Waals surface area contributed by atoms with Gasteiger partial charge in [0.25, 0.3) is 0 Å². The highest BCUT2D eigenvalue weighted by atomic mass is 32.1. The fraction of sp³-hybridized carbons (Fsp3) is 0.385. The standard InChI is InChI=1S/C13H15F2N3S/c1-13(2,3)18-10(16-17-12(18)19)7-8-5-4-6-9(14)11(8)15/h4-6H,7H2,1-3H3,(H,17,19). The predicted molar refractivity (Wildman–Crippen MR) is 71.6 cm³/mol. The van der Waals surface area contributed by atoms with Crippen LogP contribution < -0.4 is 0 Å². The van der Waals surface area contributed by atoms with E-state index in [4.69, 9.17) is 12.2 Å². The van der Waals surface area contributed by atoms with E-state index in [2.05, 4.69) is 10.2 Å². The van der Waals surface area contributed by atoms with Crippen LogP contribution in [0.25, 0.3) is 0 Å². The lowest BCUT2D eigenvalue weighted by Crippen LogP contribution is -2.24. The molecule has 0 aliphatic heterocycles. The fourth-order valence-electron chi connectivity index (χ4n) is 2.00. The molecule has 1 heterocycles. The third-order valence-electron chi connectivity index (χ3n) is 2.79. The van der Waals surface area contributed by atoms with Crippen molar-refractivity contribution in [2.24, 2.45) is 0 Å². The van der Waals surface area contributed by atoms with Gasteiger partial charge in [-0.05, 0) is 44.6 Å². The highest BCUT2D eigenvalue weighted by molar-refractivity contribution is 7.71. The number of nitrogens with zero attached hydrogens (tertiary/aromatic N) is 2. The van der Waals surface area contributed by atoms with Crippen LogP contribution in [0.15, 0.2) is 18.2 Å². The quantitative estimate of drug-likeness (QED) is 0.855. The molecule has 0 radical (unpaired) electrons. The van der Waals surface area contributed by atoms with Gasteiger partial charge in [-0.1, -0.05) is 12.1 Å². The number of rotatable bonds is 2. The Morgan fingerprint density at radius 3 is 2.63 bits per heavy atom. The van der Waals surface area contributed by atoms with Crippen molar-refractivity contribution in [1.29, 1.82) is 0 Å². The zero-order chi connectivity index (χ0) is 14.2. The molecule has 0 atom stereocenters. The van der Waals surface area contributed by atoms with E-state index >= 15 is 0 Å². The summed E-state index contributed by atoms with van der Waals surface area (Å²) < 4.78 is 29.1. The molecule has 0 spiro atoms. The summed E-state index contributed by atoms with van der Waals surface area (Å²) in [5.74, 6) is -1.10. The van der Waals surface area contributed by atoms with Gasteiger partial charge >= 0.3 is 0 Å². The molecule has 1 aromatic heterocycles. The highest BCUT2D eigenvalue weighted by Gasteiger charge is 2.20. The van der Waals surface area contributed by atoms with E-state index in [-0.39, 0.29) is 17.5 Å². The summed E-state index contributed by atoms with van der Waals surface area (Å²) >= 11 is 5.17. The Morgan fingerprint density at radius 2 is 2.00 bits per heavy atom. The summed E-state index contributed by atoms with van der Waals surface area (Å²) in [5.41, 5.74) is -0.0112. The van der Waals surface area contributed by atoms with Crippen molar-refractivity contribution in [3.05, 3.63) is 46.0 Å². The van der Waals surface area contributed by atoms with Crippen molar-refractivity contribution in [1.82, 2.24) is 14.8 Å². The normalized spacial score (nSPS) is 11.8. The van der Waals surface area contributed by atoms with E-state index in [0.29, 0.717) is 10.6 Å². The minimum absolute atomic E-state index is 0.188. The third-order valence-corrected chi connectivity index (χ3v) is 3.07. The zero-order valence-corrected chi connectivity index (χ0v) is 11.8. The third kappa shape index (κ3) is 2.73. The molecule has 1 aromatic carbocycles. The topological polar surface area (TPSA) is 33.6 Å². The second-order valence-corrected chi connectivity index (χ2v) is 5.73. The van der Waals surface area contributed by atoms with Crippen LogP contribution in [0.5, 0.6) is 0 Å². The average molecular weight is 283 g/mol. The molecule has 2 rings (SSSR count). The average Bonchev–Trinajstić information content (AvgIpc) is 2.66. The highest BCUT2D eigenvalue weighted by Crippen LogP contribution is 2.20. The van der Waals surface area contributed by atoms with E-state index in [1.54, 1.807) is 6.07 Å². The summed E-state index contributed by atoms with van der Waals surface area (Å²) in [5, 5.41) is 6.80. The number of hydrogen-bond acceptors (Lipinski definition) is 2. The molecule has 0 amide bonds. The van der Waals surface area contributed by atoms with Crippen LogP contribution in [0.2, 0.25) is 0 Å². The summed E-state index contributed by atoms with van der Waals surface area (Å²) in [6, 6.07) is 4.12. The van der Waals surface area contributed by atoms with Crippen molar-refractivity contribution in [3.8, 4) is 0 Å². The molecule has 0 saturated carbocycles. The Labute approximate surface area is 115 Å². The van der Waals surface area contributed by atoms with Crippen LogP contribution in [-0.4, -0.2) is 14.8 Å². The second kappa shape index (κ2) is 4.85. The SMILES string of the molecule is CC(C)(C)n1c(Cc2cccc(F)c2F)n[nH]c1=S. The van der Waals surface area contributed by atoms with Crippen LogP contribution in [-0.2, 0) is 12.0 Å². The van der Waals surface area contributed by atoms with Crippen molar-refractivity contribution < 1.29 is 8.78 Å². The molecule has 1 N–H and O–H groups in total. The predicted octanol–water partition coefficient (Wildman–Crippen LogP) is 3.56. The van der Waals surface area contributed by atoms with Crippen LogP contribution in [0, 0.1) is 16.4 Å². The summed E-state index contributed by atoms with van der Waals surface area (Å²) in [4.78, 5) is 0. The molecule has 0 fully saturated rings. The lowest BCUT2D eigenvalue weighted by molar-refractivity contribution is 0.379. The number of halogens is 2. The van der Waals surface area contributed by atoms with Crippen molar-refractivity contribution in [2.45, 2.75) is 32.7 Å². The van der Waals surface area contributed by atoms with E-state index in [0.717, 1.165) is 6.07 Å². The van der Waals surface area contributed by atoms with Gasteiger partial charge in [-0.2, -0.15) is 5.10 Å². The largest absolute Gasteiger partial charge is 0.298 e. The molecule has 0 bridgehead atoms. The molecular formula is C13H15F2N3S. The van der Waals surface area contributed by atoms with E-state index < -0.39 is 11.6 Å². The summed E-state index contributed by atoms with van der Waals surface area (Å²) in [7, 11) is 0. The fourth-order valence-corrected chi connectivity index (χ4v) is 2.42. The Bertz CT molecular complexity index is 653. The molecule has 6 heteroatoms. The first-order valence-electron chi connectivity index (χ1n) is 5.90. The molecule has 2 aromatic rings. The van der Waals surface area contributed by atoms with E-state index in [1.807, 2.05) is 25.3 Å². The molecule has 0 unspecified atom stereocenters. The van der Waals surface area contributed by atoms with Crippen molar-refractivity contribution in [3.63, 3.8) is 0 Å². The van der Waals surface area contributed by atoms with E-state index in [1.165, 1.54) is 6.07 Å². The van der Waals surface area contributed by atoms with Crippen molar-refractivity contribution >= 4 is 12.2 Å². The lowest BCUT2D eigenvalue weighted by Gasteiger charge is -2.22. The molecule has 0 saturated heterocycles. The minimum atomic E-state index is -0.853. The smallest absolute Gasteiger partial charge is 0.195 e. The molecule has 3 nitrogen and oxygen atoms in total. The zero-order valence-electron chi connectivity index (χ0n) is 11.0. The van der Waals surface area contributed by atoms with Crippen LogP contribution in [0.1, 0.15) is 32.2 Å². The maximum atomic E-state index is 13.7. The molecule has 102 valence electrons. The van der Waals surface area contributed by atoms with Gasteiger partial charge in [0, 0.05) is 12.0 Å². The Hall–Kier alpha value is -1.56. The van der Waals surface area contributed by atoms with Gasteiger partial charge < -0.3 is 0 Å². The summed E-state index contributed by atoms with van der Waals surface area (Å²) in [6.45, 7) is 5.93. The number of nitrogens with one attached hydrogen (secondary N) is 1. The van der Waals surface area contributed by atoms with Gasteiger partial charge in [0.15, 0.2) is 16.4 Å². The Kier molecular flexibility index (Phi) is 3.54. The number of aromatic nitrogens is 3. The monoisotopic (exact) mass is 283 g/mol. The van der Waals surface area contributed by atoms with Crippen LogP contribution in [0.3, 0.4) is 0 Å². The minimum Gasteiger partial charge on any atom is -0.298 e. The second-order valence-electron chi connectivity index (χ2n) is 5.34. The number of H-pyrrole nitrogens is 1. The maximum Gasteiger partial charge on any atom is 0.195 e. The number of benzene rings is 1. The Balaban J connectivity index is 2.45. The Morgan fingerprint density at radius 1 is 1.32 bits per heavy atom. The van der Waals surface area contributed by atoms with Gasteiger partial charge in [0.1, 0.15) is 5.82 Å². The molecular weight excluding hydrogens is 268 g/mol. The van der Waals surface area contributed by atoms with Gasteiger partial charge in [-0.15, -0.1) is 0 Å². The van der Waals surface area contributed by atoms with Gasteiger partial charge in [0.05, 0.1) is 0 Å². The van der Waals surface area contributed by atoms with Gasteiger partial charge in [-0.25, -0.2) is 8.78 Å². The van der Waals surface area contributed by atoms with Crippen molar-refractivity contribution in [2.75, 3.05) is 0 Å². The van der Waals surface area contributed by atoms with Gasteiger partial charge in [-0.3, -0.25) is 9.67 Å². The first-order valence-corrected chi connectivity index (χ1v) is 6.31. The maximum absolute atomic E-state index is 13.7.